The quantitative estimate of drug-likeness (QED) is 0.709. The van der Waals surface area contributed by atoms with Crippen molar-refractivity contribution < 1.29 is 19.5 Å². The first-order valence-corrected chi connectivity index (χ1v) is 9.72. The van der Waals surface area contributed by atoms with Gasteiger partial charge in [-0.05, 0) is 57.0 Å². The molecule has 0 aromatic heterocycles. The summed E-state index contributed by atoms with van der Waals surface area (Å²) in [6.45, 7) is 5.55. The monoisotopic (exact) mass is 414 g/mol. The van der Waals surface area contributed by atoms with Gasteiger partial charge in [0.2, 0.25) is 0 Å². The average molecular weight is 415 g/mol. The van der Waals surface area contributed by atoms with E-state index >= 15 is 0 Å². The second kappa shape index (κ2) is 7.87. The van der Waals surface area contributed by atoms with E-state index in [2.05, 4.69) is 0 Å². The van der Waals surface area contributed by atoms with Crippen LogP contribution in [0.3, 0.4) is 0 Å². The molecule has 7 heteroatoms. The lowest BCUT2D eigenvalue weighted by Gasteiger charge is -2.40. The Balaban J connectivity index is 1.90. The summed E-state index contributed by atoms with van der Waals surface area (Å²) in [4.78, 5) is 39.9. The van der Waals surface area contributed by atoms with Gasteiger partial charge in [-0.15, -0.1) is 0 Å². The summed E-state index contributed by atoms with van der Waals surface area (Å²) < 4.78 is 0. The van der Waals surface area contributed by atoms with E-state index in [0.29, 0.717) is 16.1 Å². The molecule has 0 bridgehead atoms. The maximum absolute atomic E-state index is 12.7. The molecule has 3 rings (SSSR count). The number of carbonyl (C=O) groups excluding carboxylic acids is 2. The summed E-state index contributed by atoms with van der Waals surface area (Å²) in [5.41, 5.74) is 0.833. The molecule has 2 aromatic carbocycles. The number of fused-ring (bicyclic) bond motifs is 1. The number of benzene rings is 2. The third-order valence-electron chi connectivity index (χ3n) is 5.00. The third kappa shape index (κ3) is 4.12. The first kappa shape index (κ1) is 20.9. The van der Waals surface area contributed by atoms with Gasteiger partial charge < -0.3 is 5.11 Å². The molecular formula is C22H23ClN2O4. The summed E-state index contributed by atoms with van der Waals surface area (Å²) in [7, 11) is 0. The standard InChI is InChI=1S/C22H23ClN2O4/c1-22(2,3)25(21(28)29)18(14-8-10-15(23)11-9-14)12-13-24-19(26)16-6-4-5-7-17(16)20(24)27/h4-11,18H,12-13H2,1-3H3,(H,28,29)/t18-/m1/s1. The van der Waals surface area contributed by atoms with E-state index in [1.165, 1.54) is 9.80 Å². The fraction of sp³-hybridized carbons (Fsp3) is 0.318. The van der Waals surface area contributed by atoms with Crippen molar-refractivity contribution in [2.75, 3.05) is 6.54 Å². The Kier molecular flexibility index (Phi) is 5.66. The Hall–Kier alpha value is -2.86. The smallest absolute Gasteiger partial charge is 0.408 e. The number of amides is 3. The van der Waals surface area contributed by atoms with Crippen molar-refractivity contribution in [1.29, 1.82) is 0 Å². The molecule has 0 unspecified atom stereocenters. The van der Waals surface area contributed by atoms with Gasteiger partial charge in [-0.2, -0.15) is 0 Å². The molecule has 152 valence electrons. The zero-order valence-electron chi connectivity index (χ0n) is 16.6. The number of imide groups is 1. The van der Waals surface area contributed by atoms with Crippen LogP contribution in [0.15, 0.2) is 48.5 Å². The molecule has 6 nitrogen and oxygen atoms in total. The van der Waals surface area contributed by atoms with Crippen molar-refractivity contribution in [1.82, 2.24) is 9.80 Å². The first-order valence-electron chi connectivity index (χ1n) is 9.34. The van der Waals surface area contributed by atoms with E-state index in [0.717, 1.165) is 5.56 Å². The Morgan fingerprint density at radius 2 is 1.55 bits per heavy atom. The number of nitrogens with zero attached hydrogens (tertiary/aromatic N) is 2. The fourth-order valence-corrected chi connectivity index (χ4v) is 3.84. The number of halogens is 1. The molecule has 0 spiro atoms. The van der Waals surface area contributed by atoms with Crippen molar-refractivity contribution in [2.24, 2.45) is 0 Å². The van der Waals surface area contributed by atoms with Crippen molar-refractivity contribution in [3.05, 3.63) is 70.2 Å². The number of carbonyl (C=O) groups is 3. The average Bonchev–Trinajstić information content (AvgIpc) is 2.89. The van der Waals surface area contributed by atoms with Crippen molar-refractivity contribution in [3.63, 3.8) is 0 Å². The topological polar surface area (TPSA) is 77.9 Å². The molecule has 0 fully saturated rings. The predicted molar refractivity (Wildman–Crippen MR) is 110 cm³/mol. The maximum atomic E-state index is 12.7. The zero-order valence-corrected chi connectivity index (χ0v) is 17.3. The number of carboxylic acid groups (broad SMARTS) is 1. The van der Waals surface area contributed by atoms with Crippen LogP contribution in [0.4, 0.5) is 4.79 Å². The summed E-state index contributed by atoms with van der Waals surface area (Å²) in [5, 5.41) is 10.4. The number of hydrogen-bond donors (Lipinski definition) is 1. The van der Waals surface area contributed by atoms with E-state index in [9.17, 15) is 19.5 Å². The first-order chi connectivity index (χ1) is 13.6. The summed E-state index contributed by atoms with van der Waals surface area (Å²) >= 11 is 5.99. The molecule has 2 aromatic rings. The molecule has 1 N–H and O–H groups in total. The van der Waals surface area contributed by atoms with Gasteiger partial charge in [-0.3, -0.25) is 19.4 Å². The molecule has 1 aliphatic heterocycles. The van der Waals surface area contributed by atoms with Crippen LogP contribution in [-0.2, 0) is 0 Å². The fourth-order valence-electron chi connectivity index (χ4n) is 3.71. The molecule has 0 radical (unpaired) electrons. The maximum Gasteiger partial charge on any atom is 0.408 e. The summed E-state index contributed by atoms with van der Waals surface area (Å²) in [6, 6.07) is 13.1. The minimum atomic E-state index is -1.07. The van der Waals surface area contributed by atoms with Gasteiger partial charge in [-0.25, -0.2) is 4.79 Å². The second-order valence-electron chi connectivity index (χ2n) is 7.99. The lowest BCUT2D eigenvalue weighted by atomic mass is 9.96. The van der Waals surface area contributed by atoms with Gasteiger partial charge in [0.15, 0.2) is 0 Å². The Morgan fingerprint density at radius 1 is 1.03 bits per heavy atom. The van der Waals surface area contributed by atoms with Crippen molar-refractivity contribution in [3.8, 4) is 0 Å². The lowest BCUT2D eigenvalue weighted by molar-refractivity contribution is 0.0552. The molecule has 0 aliphatic carbocycles. The number of rotatable bonds is 5. The highest BCUT2D eigenvalue weighted by atomic mass is 35.5. The van der Waals surface area contributed by atoms with Gasteiger partial charge in [0, 0.05) is 17.1 Å². The Labute approximate surface area is 174 Å². The van der Waals surface area contributed by atoms with Crippen molar-refractivity contribution >= 4 is 29.5 Å². The summed E-state index contributed by atoms with van der Waals surface area (Å²) in [6.07, 6.45) is -0.795. The highest BCUT2D eigenvalue weighted by Gasteiger charge is 2.38. The molecule has 1 heterocycles. The van der Waals surface area contributed by atoms with Crippen LogP contribution in [0.1, 0.15) is 59.5 Å². The SMILES string of the molecule is CC(C)(C)N(C(=O)O)[C@H](CCN1C(=O)c2ccccc2C1=O)c1ccc(Cl)cc1. The molecule has 1 atom stereocenters. The van der Waals surface area contributed by atoms with Crippen molar-refractivity contribution in [2.45, 2.75) is 38.8 Å². The molecule has 3 amide bonds. The minimum absolute atomic E-state index is 0.111. The minimum Gasteiger partial charge on any atom is -0.465 e. The van der Waals surface area contributed by atoms with Gasteiger partial charge in [0.05, 0.1) is 17.2 Å². The predicted octanol–water partition coefficient (Wildman–Crippen LogP) is 4.85. The highest BCUT2D eigenvalue weighted by molar-refractivity contribution is 6.30. The molecule has 0 saturated heterocycles. The molecular weight excluding hydrogens is 392 g/mol. The van der Waals surface area contributed by atoms with Gasteiger partial charge in [0.1, 0.15) is 0 Å². The summed E-state index contributed by atoms with van der Waals surface area (Å²) in [5.74, 6) is -0.698. The van der Waals surface area contributed by atoms with Gasteiger partial charge in [-0.1, -0.05) is 35.9 Å². The normalized spacial score (nSPS) is 14.7. The van der Waals surface area contributed by atoms with E-state index in [1.807, 2.05) is 20.8 Å². The number of hydrogen-bond acceptors (Lipinski definition) is 3. The van der Waals surface area contributed by atoms with E-state index in [-0.39, 0.29) is 24.8 Å². The zero-order chi connectivity index (χ0) is 21.3. The largest absolute Gasteiger partial charge is 0.465 e. The highest BCUT2D eigenvalue weighted by Crippen LogP contribution is 2.33. The molecule has 0 saturated carbocycles. The van der Waals surface area contributed by atoms with E-state index < -0.39 is 17.7 Å². The third-order valence-corrected chi connectivity index (χ3v) is 5.25. The Bertz CT molecular complexity index is 915. The van der Waals surface area contributed by atoms with E-state index in [1.54, 1.807) is 48.5 Å². The molecule has 29 heavy (non-hydrogen) atoms. The Morgan fingerprint density at radius 3 is 2.00 bits per heavy atom. The van der Waals surface area contributed by atoms with Crippen LogP contribution in [0.25, 0.3) is 0 Å². The molecule has 1 aliphatic rings. The van der Waals surface area contributed by atoms with Crippen LogP contribution in [0, 0.1) is 0 Å². The van der Waals surface area contributed by atoms with Gasteiger partial charge >= 0.3 is 6.09 Å². The van der Waals surface area contributed by atoms with Crippen LogP contribution < -0.4 is 0 Å². The van der Waals surface area contributed by atoms with Gasteiger partial charge in [0.25, 0.3) is 11.8 Å². The van der Waals surface area contributed by atoms with Crippen LogP contribution in [0.2, 0.25) is 5.02 Å². The van der Waals surface area contributed by atoms with Crippen LogP contribution in [0.5, 0.6) is 0 Å². The van der Waals surface area contributed by atoms with Crippen LogP contribution >= 0.6 is 11.6 Å². The lowest BCUT2D eigenvalue weighted by Crippen LogP contribution is -2.48. The van der Waals surface area contributed by atoms with E-state index in [4.69, 9.17) is 11.6 Å². The van der Waals surface area contributed by atoms with Crippen LogP contribution in [-0.4, -0.2) is 44.9 Å². The second-order valence-corrected chi connectivity index (χ2v) is 8.42.